The number of aliphatic hydroxyl groups excluding tert-OH is 1. The van der Waals surface area contributed by atoms with E-state index in [1.807, 2.05) is 17.5 Å². The topological polar surface area (TPSA) is 86.6 Å². The minimum atomic E-state index is -1.54. The Hall–Kier alpha value is -1.40. The van der Waals surface area contributed by atoms with Crippen molar-refractivity contribution in [3.8, 4) is 0 Å². The lowest BCUT2D eigenvalue weighted by Gasteiger charge is -2.06. The van der Waals surface area contributed by atoms with E-state index in [1.165, 1.54) is 11.3 Å². The Balaban J connectivity index is 2.28. The molecule has 0 saturated carbocycles. The Labute approximate surface area is 90.4 Å². The second-order valence-corrected chi connectivity index (χ2v) is 3.95. The molecule has 0 aliphatic rings. The lowest BCUT2D eigenvalue weighted by Crippen LogP contribution is -2.37. The zero-order chi connectivity index (χ0) is 11.3. The van der Waals surface area contributed by atoms with Crippen molar-refractivity contribution in [2.24, 2.45) is 0 Å². The summed E-state index contributed by atoms with van der Waals surface area (Å²) in [6.07, 6.45) is -1.33. The third-order valence-electron chi connectivity index (χ3n) is 1.69. The van der Waals surface area contributed by atoms with Gasteiger partial charge in [-0.15, -0.1) is 11.3 Å². The van der Waals surface area contributed by atoms with Crippen molar-refractivity contribution in [1.29, 1.82) is 0 Å². The molecule has 82 valence electrons. The number of rotatable bonds is 5. The van der Waals surface area contributed by atoms with E-state index in [1.54, 1.807) is 0 Å². The SMILES string of the molecule is O=C(Cc1cccs1)NCC(O)C(=O)O. The maximum absolute atomic E-state index is 11.2. The number of hydrogen-bond donors (Lipinski definition) is 3. The normalized spacial score (nSPS) is 12.1. The van der Waals surface area contributed by atoms with E-state index in [-0.39, 0.29) is 18.9 Å². The van der Waals surface area contributed by atoms with Crippen molar-refractivity contribution in [2.75, 3.05) is 6.54 Å². The fraction of sp³-hybridized carbons (Fsp3) is 0.333. The maximum Gasteiger partial charge on any atom is 0.334 e. The van der Waals surface area contributed by atoms with Crippen molar-refractivity contribution in [1.82, 2.24) is 5.32 Å². The summed E-state index contributed by atoms with van der Waals surface area (Å²) in [4.78, 5) is 22.4. The van der Waals surface area contributed by atoms with Gasteiger partial charge in [0.1, 0.15) is 0 Å². The fourth-order valence-electron chi connectivity index (χ4n) is 0.932. The standard InChI is InChI=1S/C9H11NO4S/c11-7(9(13)14)5-10-8(12)4-6-2-1-3-15-6/h1-3,7,11H,4-5H2,(H,10,12)(H,13,14). The minimum Gasteiger partial charge on any atom is -0.479 e. The molecule has 1 amide bonds. The van der Waals surface area contributed by atoms with Crippen LogP contribution in [0.15, 0.2) is 17.5 Å². The average Bonchev–Trinajstić information content (AvgIpc) is 2.66. The van der Waals surface area contributed by atoms with E-state index < -0.39 is 12.1 Å². The van der Waals surface area contributed by atoms with Gasteiger partial charge in [-0.2, -0.15) is 0 Å². The molecular weight excluding hydrogens is 218 g/mol. The van der Waals surface area contributed by atoms with Crippen LogP contribution in [0.5, 0.6) is 0 Å². The number of amides is 1. The Morgan fingerprint density at radius 1 is 1.53 bits per heavy atom. The Kier molecular flexibility index (Phi) is 4.26. The van der Waals surface area contributed by atoms with Crippen LogP contribution in [0.1, 0.15) is 4.88 Å². The van der Waals surface area contributed by atoms with Crippen molar-refractivity contribution in [3.05, 3.63) is 22.4 Å². The van der Waals surface area contributed by atoms with Crippen LogP contribution in [0.4, 0.5) is 0 Å². The molecular formula is C9H11NO4S. The predicted molar refractivity (Wildman–Crippen MR) is 54.7 cm³/mol. The van der Waals surface area contributed by atoms with Crippen molar-refractivity contribution < 1.29 is 19.8 Å². The van der Waals surface area contributed by atoms with Crippen LogP contribution in [-0.4, -0.2) is 34.7 Å². The molecule has 1 unspecified atom stereocenters. The molecule has 0 radical (unpaired) electrons. The van der Waals surface area contributed by atoms with Gasteiger partial charge in [0, 0.05) is 4.88 Å². The third-order valence-corrected chi connectivity index (χ3v) is 2.57. The third kappa shape index (κ3) is 4.09. The summed E-state index contributed by atoms with van der Waals surface area (Å²) in [5.74, 6) is -1.64. The molecule has 6 heteroatoms. The molecule has 0 bridgehead atoms. The summed E-state index contributed by atoms with van der Waals surface area (Å²) in [6.45, 7) is -0.264. The van der Waals surface area contributed by atoms with Crippen LogP contribution in [-0.2, 0) is 16.0 Å². The molecule has 0 aromatic carbocycles. The minimum absolute atomic E-state index is 0.212. The Morgan fingerprint density at radius 2 is 2.27 bits per heavy atom. The van der Waals surface area contributed by atoms with Gasteiger partial charge in [-0.05, 0) is 11.4 Å². The molecule has 1 atom stereocenters. The predicted octanol–water partition coefficient (Wildman–Crippen LogP) is -0.148. The number of carbonyl (C=O) groups is 2. The smallest absolute Gasteiger partial charge is 0.334 e. The quantitative estimate of drug-likeness (QED) is 0.655. The van der Waals surface area contributed by atoms with Gasteiger partial charge in [0.25, 0.3) is 0 Å². The van der Waals surface area contributed by atoms with E-state index >= 15 is 0 Å². The van der Waals surface area contributed by atoms with Crippen LogP contribution in [0.2, 0.25) is 0 Å². The van der Waals surface area contributed by atoms with Crippen LogP contribution >= 0.6 is 11.3 Å². The number of carbonyl (C=O) groups excluding carboxylic acids is 1. The average molecular weight is 229 g/mol. The lowest BCUT2D eigenvalue weighted by molar-refractivity contribution is -0.146. The first-order valence-corrected chi connectivity index (χ1v) is 5.17. The van der Waals surface area contributed by atoms with E-state index in [0.29, 0.717) is 0 Å². The molecule has 5 nitrogen and oxygen atoms in total. The zero-order valence-electron chi connectivity index (χ0n) is 7.84. The van der Waals surface area contributed by atoms with Crippen LogP contribution in [0.25, 0.3) is 0 Å². The van der Waals surface area contributed by atoms with E-state index in [0.717, 1.165) is 4.88 Å². The molecule has 0 aliphatic heterocycles. The summed E-state index contributed by atoms with van der Waals surface area (Å²) in [7, 11) is 0. The molecule has 0 aliphatic carbocycles. The second-order valence-electron chi connectivity index (χ2n) is 2.91. The highest BCUT2D eigenvalue weighted by Crippen LogP contribution is 2.08. The summed E-state index contributed by atoms with van der Waals surface area (Å²) in [5, 5.41) is 21.4. The van der Waals surface area contributed by atoms with Gasteiger partial charge in [0.05, 0.1) is 13.0 Å². The fourth-order valence-corrected chi connectivity index (χ4v) is 1.64. The summed E-state index contributed by atoms with van der Waals surface area (Å²) < 4.78 is 0. The van der Waals surface area contributed by atoms with Gasteiger partial charge in [-0.1, -0.05) is 6.07 Å². The van der Waals surface area contributed by atoms with Gasteiger partial charge in [0.2, 0.25) is 5.91 Å². The lowest BCUT2D eigenvalue weighted by atomic mass is 10.3. The number of nitrogens with one attached hydrogen (secondary N) is 1. The van der Waals surface area contributed by atoms with Gasteiger partial charge < -0.3 is 15.5 Å². The van der Waals surface area contributed by atoms with Crippen molar-refractivity contribution >= 4 is 23.2 Å². The van der Waals surface area contributed by atoms with Crippen LogP contribution in [0.3, 0.4) is 0 Å². The van der Waals surface area contributed by atoms with Gasteiger partial charge in [-0.3, -0.25) is 4.79 Å². The van der Waals surface area contributed by atoms with Crippen molar-refractivity contribution in [3.63, 3.8) is 0 Å². The maximum atomic E-state index is 11.2. The molecule has 1 rings (SSSR count). The molecule has 1 heterocycles. The monoisotopic (exact) mass is 229 g/mol. The first-order valence-electron chi connectivity index (χ1n) is 4.29. The highest BCUT2D eigenvalue weighted by atomic mass is 32.1. The molecule has 15 heavy (non-hydrogen) atoms. The molecule has 0 fully saturated rings. The largest absolute Gasteiger partial charge is 0.479 e. The second kappa shape index (κ2) is 5.47. The molecule has 1 aromatic rings. The summed E-state index contributed by atoms with van der Waals surface area (Å²) in [5.41, 5.74) is 0. The van der Waals surface area contributed by atoms with Crippen LogP contribution in [0, 0.1) is 0 Å². The first-order chi connectivity index (χ1) is 7.09. The molecule has 3 N–H and O–H groups in total. The summed E-state index contributed by atoms with van der Waals surface area (Å²) in [6, 6.07) is 3.65. The highest BCUT2D eigenvalue weighted by molar-refractivity contribution is 7.10. The number of hydrogen-bond acceptors (Lipinski definition) is 4. The summed E-state index contributed by atoms with van der Waals surface area (Å²) >= 11 is 1.45. The van der Waals surface area contributed by atoms with Gasteiger partial charge in [-0.25, -0.2) is 4.79 Å². The van der Waals surface area contributed by atoms with Gasteiger partial charge in [0.15, 0.2) is 6.10 Å². The number of carboxylic acids is 1. The molecule has 0 saturated heterocycles. The van der Waals surface area contributed by atoms with Gasteiger partial charge >= 0.3 is 5.97 Å². The number of thiophene rings is 1. The van der Waals surface area contributed by atoms with E-state index in [4.69, 9.17) is 10.2 Å². The zero-order valence-corrected chi connectivity index (χ0v) is 8.66. The number of carboxylic acid groups (broad SMARTS) is 1. The van der Waals surface area contributed by atoms with Crippen LogP contribution < -0.4 is 5.32 Å². The molecule has 1 aromatic heterocycles. The number of aliphatic carboxylic acids is 1. The number of aliphatic hydroxyl groups is 1. The Bertz CT molecular complexity index is 336. The highest BCUT2D eigenvalue weighted by Gasteiger charge is 2.14. The van der Waals surface area contributed by atoms with E-state index in [2.05, 4.69) is 5.32 Å². The first kappa shape index (κ1) is 11.7. The van der Waals surface area contributed by atoms with E-state index in [9.17, 15) is 9.59 Å². The molecule has 0 spiro atoms. The van der Waals surface area contributed by atoms with Crippen molar-refractivity contribution in [2.45, 2.75) is 12.5 Å². The Morgan fingerprint density at radius 3 is 2.80 bits per heavy atom.